The highest BCUT2D eigenvalue weighted by Gasteiger charge is 2.32. The van der Waals surface area contributed by atoms with Crippen LogP contribution in [-0.2, 0) is 0 Å². The summed E-state index contributed by atoms with van der Waals surface area (Å²) in [5.74, 6) is 1.73. The van der Waals surface area contributed by atoms with Crippen LogP contribution >= 0.6 is 0 Å². The number of aromatic amines is 1. The van der Waals surface area contributed by atoms with E-state index in [9.17, 15) is 0 Å². The number of imidazole rings is 1. The molecule has 7 nitrogen and oxygen atoms in total. The van der Waals surface area contributed by atoms with E-state index in [0.717, 1.165) is 46.9 Å². The summed E-state index contributed by atoms with van der Waals surface area (Å²) in [6, 6.07) is 14.1. The number of nitrogens with zero attached hydrogens (tertiary/aromatic N) is 5. The lowest BCUT2D eigenvalue weighted by Crippen LogP contribution is -2.25. The summed E-state index contributed by atoms with van der Waals surface area (Å²) in [5, 5.41) is 8.62. The lowest BCUT2D eigenvalue weighted by molar-refractivity contribution is 0.415. The van der Waals surface area contributed by atoms with E-state index in [1.54, 1.807) is 24.3 Å². The Kier molecular flexibility index (Phi) is 3.86. The number of rotatable bonds is 4. The second-order valence-corrected chi connectivity index (χ2v) is 6.91. The molecule has 0 aliphatic carbocycles. The van der Waals surface area contributed by atoms with Crippen LogP contribution in [0.5, 0.6) is 5.75 Å². The third-order valence-corrected chi connectivity index (χ3v) is 5.10. The number of fused-ring (bicyclic) bond motifs is 1. The van der Waals surface area contributed by atoms with E-state index >= 15 is 0 Å². The summed E-state index contributed by atoms with van der Waals surface area (Å²) in [7, 11) is 1.67. The van der Waals surface area contributed by atoms with Crippen molar-refractivity contribution in [1.29, 1.82) is 0 Å². The van der Waals surface area contributed by atoms with Gasteiger partial charge in [-0.2, -0.15) is 10.2 Å². The van der Waals surface area contributed by atoms with Crippen molar-refractivity contribution < 1.29 is 4.74 Å². The first-order valence-electron chi connectivity index (χ1n) is 9.15. The van der Waals surface area contributed by atoms with Crippen LogP contribution in [0.2, 0.25) is 0 Å². The Morgan fingerprint density at radius 3 is 2.68 bits per heavy atom. The maximum atomic E-state index is 5.33. The number of methoxy groups -OCH3 is 1. The van der Waals surface area contributed by atoms with Gasteiger partial charge in [0.15, 0.2) is 0 Å². The second-order valence-electron chi connectivity index (χ2n) is 6.91. The molecule has 1 fully saturated rings. The van der Waals surface area contributed by atoms with Crippen LogP contribution < -0.4 is 9.64 Å². The molecule has 0 saturated carbocycles. The Morgan fingerprint density at radius 2 is 1.89 bits per heavy atom. The van der Waals surface area contributed by atoms with Gasteiger partial charge in [-0.25, -0.2) is 4.98 Å². The molecule has 1 saturated heterocycles. The van der Waals surface area contributed by atoms with Gasteiger partial charge in [-0.3, -0.25) is 0 Å². The van der Waals surface area contributed by atoms with Crippen LogP contribution in [0.25, 0.3) is 16.7 Å². The fourth-order valence-corrected chi connectivity index (χ4v) is 3.81. The Hall–Kier alpha value is -3.61. The number of H-pyrrole nitrogens is 1. The van der Waals surface area contributed by atoms with E-state index in [-0.39, 0.29) is 6.04 Å². The molecule has 4 aromatic rings. The number of nitrogens with one attached hydrogen (secondary N) is 1. The van der Waals surface area contributed by atoms with E-state index in [0.29, 0.717) is 0 Å². The van der Waals surface area contributed by atoms with Gasteiger partial charge in [0, 0.05) is 12.6 Å². The largest absolute Gasteiger partial charge is 0.497 e. The quantitative estimate of drug-likeness (QED) is 0.554. The van der Waals surface area contributed by atoms with E-state index in [1.165, 1.54) is 5.57 Å². The highest BCUT2D eigenvalue weighted by Crippen LogP contribution is 2.40. The van der Waals surface area contributed by atoms with Crippen LogP contribution in [0.3, 0.4) is 0 Å². The SMILES string of the molecule is C=C1C[C@@H](c2nc3ccc(OC)cc3[nH]2)N(c2ccccc2-n2nccn2)C1. The van der Waals surface area contributed by atoms with Crippen molar-refractivity contribution in [2.24, 2.45) is 0 Å². The molecule has 2 aromatic heterocycles. The minimum atomic E-state index is 0.0719. The summed E-state index contributed by atoms with van der Waals surface area (Å²) in [4.78, 5) is 12.3. The number of para-hydroxylation sites is 2. The molecular formula is C21H20N6O. The van der Waals surface area contributed by atoms with Gasteiger partial charge in [0.05, 0.1) is 42.3 Å². The van der Waals surface area contributed by atoms with Crippen molar-refractivity contribution in [3.8, 4) is 11.4 Å². The van der Waals surface area contributed by atoms with Gasteiger partial charge in [0.1, 0.15) is 17.3 Å². The summed E-state index contributed by atoms with van der Waals surface area (Å²) in [6.07, 6.45) is 4.21. The fourth-order valence-electron chi connectivity index (χ4n) is 3.81. The van der Waals surface area contributed by atoms with Crippen LogP contribution in [0, 0.1) is 0 Å². The van der Waals surface area contributed by atoms with Gasteiger partial charge >= 0.3 is 0 Å². The molecule has 3 heterocycles. The fraction of sp³-hybridized carbons (Fsp3) is 0.190. The highest BCUT2D eigenvalue weighted by atomic mass is 16.5. The van der Waals surface area contributed by atoms with Crippen molar-refractivity contribution in [2.75, 3.05) is 18.6 Å². The lowest BCUT2D eigenvalue weighted by atomic mass is 10.1. The second kappa shape index (κ2) is 6.53. The standard InChI is InChI=1S/C21H20N6O/c1-14-11-20(21-24-16-8-7-15(28-2)12-17(16)25-21)26(13-14)18-5-3-4-6-19(18)27-22-9-10-23-27/h3-10,12,20H,1,11,13H2,2H3,(H,24,25)/t20-/m0/s1. The van der Waals surface area contributed by atoms with Crippen molar-refractivity contribution >= 4 is 16.7 Å². The molecule has 1 atom stereocenters. The first-order valence-corrected chi connectivity index (χ1v) is 9.15. The highest BCUT2D eigenvalue weighted by molar-refractivity contribution is 5.77. The van der Waals surface area contributed by atoms with Gasteiger partial charge in [0.25, 0.3) is 0 Å². The number of anilines is 1. The zero-order chi connectivity index (χ0) is 19.1. The van der Waals surface area contributed by atoms with E-state index in [4.69, 9.17) is 9.72 Å². The minimum Gasteiger partial charge on any atom is -0.497 e. The predicted octanol–water partition coefficient (Wildman–Crippen LogP) is 3.66. The van der Waals surface area contributed by atoms with Crippen LogP contribution in [-0.4, -0.2) is 38.6 Å². The molecule has 1 aliphatic rings. The molecule has 0 bridgehead atoms. The number of aromatic nitrogens is 5. The maximum Gasteiger partial charge on any atom is 0.130 e. The zero-order valence-electron chi connectivity index (χ0n) is 15.5. The number of hydrogen-bond acceptors (Lipinski definition) is 5. The van der Waals surface area contributed by atoms with Gasteiger partial charge in [-0.05, 0) is 30.7 Å². The van der Waals surface area contributed by atoms with Crippen LogP contribution in [0.15, 0.2) is 67.0 Å². The van der Waals surface area contributed by atoms with Gasteiger partial charge in [-0.1, -0.05) is 24.3 Å². The molecule has 28 heavy (non-hydrogen) atoms. The van der Waals surface area contributed by atoms with E-state index in [1.807, 2.05) is 36.4 Å². The van der Waals surface area contributed by atoms with Crippen molar-refractivity contribution in [3.63, 3.8) is 0 Å². The molecule has 140 valence electrons. The molecule has 5 rings (SSSR count). The number of benzene rings is 2. The molecular weight excluding hydrogens is 352 g/mol. The topological polar surface area (TPSA) is 71.9 Å². The molecule has 0 unspecified atom stereocenters. The Labute approximate surface area is 162 Å². The molecule has 7 heteroatoms. The smallest absolute Gasteiger partial charge is 0.130 e. The van der Waals surface area contributed by atoms with Crippen molar-refractivity contribution in [2.45, 2.75) is 12.5 Å². The average Bonchev–Trinajstić information content (AvgIpc) is 3.46. The van der Waals surface area contributed by atoms with E-state index < -0.39 is 0 Å². The third kappa shape index (κ3) is 2.72. The predicted molar refractivity (Wildman–Crippen MR) is 108 cm³/mol. The molecule has 0 amide bonds. The van der Waals surface area contributed by atoms with Gasteiger partial charge in [-0.15, -0.1) is 4.80 Å². The molecule has 1 N–H and O–H groups in total. The van der Waals surface area contributed by atoms with Crippen molar-refractivity contribution in [1.82, 2.24) is 25.0 Å². The monoisotopic (exact) mass is 372 g/mol. The summed E-state index contributed by atoms with van der Waals surface area (Å²) < 4.78 is 5.33. The number of ether oxygens (including phenoxy) is 1. The Balaban J connectivity index is 1.58. The first kappa shape index (κ1) is 16.6. The number of hydrogen-bond donors (Lipinski definition) is 1. The normalized spacial score (nSPS) is 16.8. The van der Waals surface area contributed by atoms with Crippen molar-refractivity contribution in [3.05, 3.63) is 72.8 Å². The summed E-state index contributed by atoms with van der Waals surface area (Å²) in [5.41, 5.74) is 5.06. The van der Waals surface area contributed by atoms with Crippen LogP contribution in [0.4, 0.5) is 5.69 Å². The molecule has 1 aliphatic heterocycles. The molecule has 0 radical (unpaired) electrons. The third-order valence-electron chi connectivity index (χ3n) is 5.10. The average molecular weight is 372 g/mol. The van der Waals surface area contributed by atoms with Gasteiger partial charge in [0.2, 0.25) is 0 Å². The van der Waals surface area contributed by atoms with E-state index in [2.05, 4.69) is 32.7 Å². The molecule has 0 spiro atoms. The lowest BCUT2D eigenvalue weighted by Gasteiger charge is -2.26. The van der Waals surface area contributed by atoms with Crippen LogP contribution in [0.1, 0.15) is 18.3 Å². The Morgan fingerprint density at radius 1 is 1.11 bits per heavy atom. The Bertz CT molecular complexity index is 1150. The maximum absolute atomic E-state index is 5.33. The first-order chi connectivity index (χ1) is 13.7. The molecule has 2 aromatic carbocycles. The zero-order valence-corrected chi connectivity index (χ0v) is 15.5. The summed E-state index contributed by atoms with van der Waals surface area (Å²) >= 11 is 0. The van der Waals surface area contributed by atoms with Gasteiger partial charge < -0.3 is 14.6 Å². The summed E-state index contributed by atoms with van der Waals surface area (Å²) in [6.45, 7) is 5.01. The minimum absolute atomic E-state index is 0.0719.